The molecule has 0 aromatic carbocycles. The molecule has 0 N–H and O–H groups in total. The van der Waals surface area contributed by atoms with Crippen molar-refractivity contribution in [3.05, 3.63) is 0 Å². The Hall–Kier alpha value is -0.0800. The third-order valence-corrected chi connectivity index (χ3v) is 5.95. The highest BCUT2D eigenvalue weighted by molar-refractivity contribution is 4.89. The SMILES string of the molecule is CCC1CCCCC1N1CCCN2CCCCC2C1. The predicted molar refractivity (Wildman–Crippen MR) is 81.4 cm³/mol. The van der Waals surface area contributed by atoms with Gasteiger partial charge in [-0.1, -0.05) is 32.6 Å². The van der Waals surface area contributed by atoms with E-state index in [-0.39, 0.29) is 0 Å². The maximum atomic E-state index is 2.91. The minimum atomic E-state index is 0.885. The summed E-state index contributed by atoms with van der Waals surface area (Å²) in [5.41, 5.74) is 0. The normalized spacial score (nSPS) is 38.7. The average molecular weight is 264 g/mol. The molecule has 1 saturated carbocycles. The molecule has 0 amide bonds. The van der Waals surface area contributed by atoms with Crippen LogP contribution in [0.2, 0.25) is 0 Å². The monoisotopic (exact) mass is 264 g/mol. The van der Waals surface area contributed by atoms with Crippen molar-refractivity contribution in [3.8, 4) is 0 Å². The highest BCUT2D eigenvalue weighted by Gasteiger charge is 2.33. The van der Waals surface area contributed by atoms with E-state index in [1.54, 1.807) is 0 Å². The summed E-state index contributed by atoms with van der Waals surface area (Å²) < 4.78 is 0. The molecule has 110 valence electrons. The summed E-state index contributed by atoms with van der Waals surface area (Å²) in [4.78, 5) is 5.70. The van der Waals surface area contributed by atoms with Crippen molar-refractivity contribution in [2.45, 2.75) is 76.8 Å². The second kappa shape index (κ2) is 6.58. The molecular weight excluding hydrogens is 232 g/mol. The third-order valence-electron chi connectivity index (χ3n) is 5.95. The fraction of sp³-hybridized carbons (Fsp3) is 1.00. The summed E-state index contributed by atoms with van der Waals surface area (Å²) >= 11 is 0. The van der Waals surface area contributed by atoms with E-state index in [4.69, 9.17) is 0 Å². The summed E-state index contributed by atoms with van der Waals surface area (Å²) in [6.07, 6.45) is 13.1. The van der Waals surface area contributed by atoms with Crippen LogP contribution in [0.4, 0.5) is 0 Å². The smallest absolute Gasteiger partial charge is 0.0223 e. The van der Waals surface area contributed by atoms with Crippen LogP contribution in [0.25, 0.3) is 0 Å². The second-order valence-electron chi connectivity index (χ2n) is 7.05. The maximum absolute atomic E-state index is 2.91. The molecule has 0 radical (unpaired) electrons. The Morgan fingerprint density at radius 2 is 1.53 bits per heavy atom. The third kappa shape index (κ3) is 3.16. The van der Waals surface area contributed by atoms with Crippen molar-refractivity contribution >= 4 is 0 Å². The molecule has 3 unspecified atom stereocenters. The quantitative estimate of drug-likeness (QED) is 0.753. The van der Waals surface area contributed by atoms with E-state index in [2.05, 4.69) is 16.7 Å². The molecule has 3 atom stereocenters. The lowest BCUT2D eigenvalue weighted by Gasteiger charge is -2.42. The van der Waals surface area contributed by atoms with Gasteiger partial charge >= 0.3 is 0 Å². The number of rotatable bonds is 2. The fourth-order valence-corrected chi connectivity index (χ4v) is 4.85. The first kappa shape index (κ1) is 13.9. The Bertz CT molecular complexity index is 278. The standard InChI is InChI=1S/C17H32N2/c1-2-15-8-3-4-10-17(15)19-13-7-12-18-11-6-5-9-16(18)14-19/h15-17H,2-14H2,1H3. The van der Waals surface area contributed by atoms with Crippen LogP contribution in [0, 0.1) is 5.92 Å². The lowest BCUT2D eigenvalue weighted by atomic mass is 9.81. The van der Waals surface area contributed by atoms with E-state index < -0.39 is 0 Å². The highest BCUT2D eigenvalue weighted by atomic mass is 15.3. The molecule has 3 fully saturated rings. The van der Waals surface area contributed by atoms with Gasteiger partial charge in [0.25, 0.3) is 0 Å². The van der Waals surface area contributed by atoms with E-state index in [1.807, 2.05) is 0 Å². The molecule has 2 aliphatic heterocycles. The van der Waals surface area contributed by atoms with Crippen molar-refractivity contribution in [3.63, 3.8) is 0 Å². The van der Waals surface area contributed by atoms with Crippen LogP contribution in [0.5, 0.6) is 0 Å². The minimum Gasteiger partial charge on any atom is -0.299 e. The summed E-state index contributed by atoms with van der Waals surface area (Å²) in [6.45, 7) is 7.90. The van der Waals surface area contributed by atoms with Crippen LogP contribution in [-0.2, 0) is 0 Å². The minimum absolute atomic E-state index is 0.885. The van der Waals surface area contributed by atoms with E-state index in [9.17, 15) is 0 Å². The van der Waals surface area contributed by atoms with Gasteiger partial charge < -0.3 is 0 Å². The van der Waals surface area contributed by atoms with Crippen LogP contribution in [0.15, 0.2) is 0 Å². The molecule has 3 rings (SSSR count). The zero-order chi connectivity index (χ0) is 13.1. The number of hydrogen-bond acceptors (Lipinski definition) is 2. The molecular formula is C17H32N2. The van der Waals surface area contributed by atoms with Crippen LogP contribution >= 0.6 is 0 Å². The predicted octanol–water partition coefficient (Wildman–Crippen LogP) is 3.52. The first-order chi connectivity index (χ1) is 9.38. The van der Waals surface area contributed by atoms with E-state index in [0.717, 1.165) is 18.0 Å². The molecule has 0 spiro atoms. The van der Waals surface area contributed by atoms with Gasteiger partial charge in [0.2, 0.25) is 0 Å². The van der Waals surface area contributed by atoms with Crippen molar-refractivity contribution < 1.29 is 0 Å². The van der Waals surface area contributed by atoms with E-state index >= 15 is 0 Å². The number of hydrogen-bond donors (Lipinski definition) is 0. The fourth-order valence-electron chi connectivity index (χ4n) is 4.85. The zero-order valence-corrected chi connectivity index (χ0v) is 12.8. The summed E-state index contributed by atoms with van der Waals surface area (Å²) in [7, 11) is 0. The maximum Gasteiger partial charge on any atom is 0.0223 e. The van der Waals surface area contributed by atoms with E-state index in [0.29, 0.717) is 0 Å². The molecule has 0 aromatic rings. The molecule has 3 aliphatic rings. The number of nitrogens with zero attached hydrogens (tertiary/aromatic N) is 2. The van der Waals surface area contributed by atoms with Gasteiger partial charge in [-0.25, -0.2) is 0 Å². The molecule has 2 heterocycles. The molecule has 2 saturated heterocycles. The molecule has 2 nitrogen and oxygen atoms in total. The van der Waals surface area contributed by atoms with Gasteiger partial charge in [-0.15, -0.1) is 0 Å². The summed E-state index contributed by atoms with van der Waals surface area (Å²) in [6, 6.07) is 1.80. The lowest BCUT2D eigenvalue weighted by molar-refractivity contribution is 0.0756. The van der Waals surface area contributed by atoms with Gasteiger partial charge in [0, 0.05) is 18.6 Å². The van der Waals surface area contributed by atoms with Crippen molar-refractivity contribution in [1.82, 2.24) is 9.80 Å². The first-order valence-corrected chi connectivity index (χ1v) is 8.86. The summed E-state index contributed by atoms with van der Waals surface area (Å²) in [5.74, 6) is 0.990. The average Bonchev–Trinajstić information content (AvgIpc) is 2.69. The Balaban J connectivity index is 1.65. The summed E-state index contributed by atoms with van der Waals surface area (Å²) in [5, 5.41) is 0. The Labute approximate surface area is 119 Å². The van der Waals surface area contributed by atoms with Crippen molar-refractivity contribution in [2.75, 3.05) is 26.2 Å². The van der Waals surface area contributed by atoms with Crippen LogP contribution in [0.3, 0.4) is 0 Å². The van der Waals surface area contributed by atoms with Crippen molar-refractivity contribution in [1.29, 1.82) is 0 Å². The second-order valence-corrected chi connectivity index (χ2v) is 7.05. The van der Waals surface area contributed by atoms with Gasteiger partial charge in [-0.2, -0.15) is 0 Å². The lowest BCUT2D eigenvalue weighted by Crippen LogP contribution is -2.49. The van der Waals surface area contributed by atoms with Crippen LogP contribution in [0.1, 0.15) is 64.7 Å². The highest BCUT2D eigenvalue weighted by Crippen LogP contribution is 2.32. The van der Waals surface area contributed by atoms with Crippen LogP contribution < -0.4 is 0 Å². The van der Waals surface area contributed by atoms with Gasteiger partial charge in [0.1, 0.15) is 0 Å². The van der Waals surface area contributed by atoms with Gasteiger partial charge in [0.15, 0.2) is 0 Å². The Kier molecular flexibility index (Phi) is 4.81. The first-order valence-electron chi connectivity index (χ1n) is 8.86. The largest absolute Gasteiger partial charge is 0.299 e. The van der Waals surface area contributed by atoms with E-state index in [1.165, 1.54) is 84.0 Å². The Morgan fingerprint density at radius 1 is 0.789 bits per heavy atom. The molecule has 2 heteroatoms. The molecule has 19 heavy (non-hydrogen) atoms. The zero-order valence-electron chi connectivity index (χ0n) is 12.8. The van der Waals surface area contributed by atoms with Crippen LogP contribution in [-0.4, -0.2) is 48.1 Å². The number of fused-ring (bicyclic) bond motifs is 1. The van der Waals surface area contributed by atoms with Crippen molar-refractivity contribution in [2.24, 2.45) is 5.92 Å². The van der Waals surface area contributed by atoms with Gasteiger partial charge in [0.05, 0.1) is 0 Å². The topological polar surface area (TPSA) is 6.48 Å². The van der Waals surface area contributed by atoms with Gasteiger partial charge in [-0.3, -0.25) is 9.80 Å². The molecule has 0 aromatic heterocycles. The Morgan fingerprint density at radius 3 is 2.42 bits per heavy atom. The molecule has 0 bridgehead atoms. The number of piperidine rings is 1. The molecule has 1 aliphatic carbocycles. The van der Waals surface area contributed by atoms with Gasteiger partial charge in [-0.05, 0) is 57.7 Å².